The lowest BCUT2D eigenvalue weighted by atomic mass is 9.65. The Morgan fingerprint density at radius 1 is 1.08 bits per heavy atom. The third kappa shape index (κ3) is 4.83. The molecule has 1 saturated heterocycles. The number of hydrogen-bond donors (Lipinski definition) is 6. The Morgan fingerprint density at radius 3 is 2.39 bits per heavy atom. The summed E-state index contributed by atoms with van der Waals surface area (Å²) in [4.78, 5) is 38.2. The number of carbonyl (C=O) groups is 3. The number of aliphatic hydroxyl groups excluding tert-OH is 3. The quantitative estimate of drug-likeness (QED) is 0.321. The number of fused-ring (bicyclic) bond motifs is 6. The first kappa shape index (κ1) is 26.1. The molecule has 3 unspecified atom stereocenters. The molecule has 3 aliphatic rings. The summed E-state index contributed by atoms with van der Waals surface area (Å²) in [7, 11) is 1.43. The molecule has 5 rings (SSSR count). The number of aromatic amines is 1. The molecule has 1 aliphatic carbocycles. The number of methoxy groups -OCH3 is 1. The zero-order chi connectivity index (χ0) is 26.1. The van der Waals surface area contributed by atoms with Gasteiger partial charge in [-0.1, -0.05) is 18.2 Å². The van der Waals surface area contributed by atoms with Crippen molar-refractivity contribution in [3.8, 4) is 0 Å². The molecule has 0 bridgehead atoms. The van der Waals surface area contributed by atoms with Crippen LogP contribution in [0, 0.1) is 17.8 Å². The summed E-state index contributed by atoms with van der Waals surface area (Å²) in [6.07, 6.45) is -1.40. The van der Waals surface area contributed by atoms with Gasteiger partial charge in [0.2, 0.25) is 0 Å². The van der Waals surface area contributed by atoms with E-state index >= 15 is 0 Å². The first-order chi connectivity index (χ1) is 17.1. The van der Waals surface area contributed by atoms with Crippen molar-refractivity contribution >= 4 is 28.8 Å². The van der Waals surface area contributed by atoms with Gasteiger partial charge in [-0.3, -0.25) is 9.69 Å². The van der Waals surface area contributed by atoms with E-state index in [4.69, 9.17) is 25.2 Å². The molecule has 1 aromatic heterocycles. The topological polar surface area (TPSA) is 181 Å². The number of rotatable bonds is 4. The predicted octanol–water partition coefficient (Wildman–Crippen LogP) is 0.524. The van der Waals surface area contributed by atoms with Crippen LogP contribution in [0.2, 0.25) is 0 Å². The number of nitrogens with one attached hydrogen (secondary N) is 1. The number of H-pyrrole nitrogens is 1. The molecule has 1 aromatic carbocycles. The fourth-order valence-corrected chi connectivity index (χ4v) is 6.07. The highest BCUT2D eigenvalue weighted by Gasteiger charge is 2.49. The highest BCUT2D eigenvalue weighted by Crippen LogP contribution is 2.49. The zero-order valence-electron chi connectivity index (χ0n) is 19.9. The number of aromatic nitrogens is 1. The second kappa shape index (κ2) is 10.6. The predicted molar refractivity (Wildman–Crippen MR) is 126 cm³/mol. The van der Waals surface area contributed by atoms with E-state index in [0.717, 1.165) is 32.4 Å². The van der Waals surface area contributed by atoms with Gasteiger partial charge in [0.25, 0.3) is 0 Å². The molecule has 1 saturated carbocycles. The standard InChI is InChI=1S/C21H26N2O3.C4H6O6/c1-26-21(25)19-15-10-17-20-14(13-4-2-3-5-16(13)22-20)8-9-23(17)11-12(15)6-7-18(19)24;5-1(3(7)8)2(6)4(9)10/h2-5,12,15,17-19,22,24H,6-11H2,1H3;1-2,5-6H,(H,7,8)(H,9,10)/t12-,15-,17-,18?,19-;/m1./s1. The van der Waals surface area contributed by atoms with Crippen LogP contribution in [0.25, 0.3) is 10.9 Å². The van der Waals surface area contributed by atoms with Crippen molar-refractivity contribution < 1.29 is 44.7 Å². The smallest absolute Gasteiger partial charge is 0.335 e. The van der Waals surface area contributed by atoms with E-state index in [-0.39, 0.29) is 17.8 Å². The molecular formula is C25H32N2O9. The number of carboxylic acids is 2. The van der Waals surface area contributed by atoms with Crippen LogP contribution in [0.5, 0.6) is 0 Å². The van der Waals surface area contributed by atoms with Crippen LogP contribution in [-0.4, -0.2) is 91.8 Å². The van der Waals surface area contributed by atoms with E-state index in [1.54, 1.807) is 0 Å². The lowest BCUT2D eigenvalue weighted by Gasteiger charge is -2.50. The highest BCUT2D eigenvalue weighted by molar-refractivity contribution is 5.85. The van der Waals surface area contributed by atoms with E-state index in [9.17, 15) is 19.5 Å². The molecular weight excluding hydrogens is 472 g/mol. The minimum absolute atomic E-state index is 0.199. The second-order valence-electron chi connectivity index (χ2n) is 9.74. The molecule has 0 radical (unpaired) electrons. The molecule has 11 heteroatoms. The van der Waals surface area contributed by atoms with Gasteiger partial charge in [0.1, 0.15) is 0 Å². The third-order valence-corrected chi connectivity index (χ3v) is 7.83. The van der Waals surface area contributed by atoms with Crippen molar-refractivity contribution in [1.82, 2.24) is 9.88 Å². The number of para-hydroxylation sites is 1. The van der Waals surface area contributed by atoms with Gasteiger partial charge in [0, 0.05) is 29.7 Å². The Morgan fingerprint density at radius 2 is 1.75 bits per heavy atom. The minimum Gasteiger partial charge on any atom is -0.479 e. The Balaban J connectivity index is 0.000000261. The van der Waals surface area contributed by atoms with Gasteiger partial charge < -0.3 is 35.3 Å². The first-order valence-corrected chi connectivity index (χ1v) is 12.0. The van der Waals surface area contributed by atoms with Crippen LogP contribution in [0.15, 0.2) is 24.3 Å². The van der Waals surface area contributed by atoms with Gasteiger partial charge in [-0.2, -0.15) is 0 Å². The normalized spacial score (nSPS) is 28.9. The van der Waals surface area contributed by atoms with Crippen LogP contribution >= 0.6 is 0 Å². The zero-order valence-corrected chi connectivity index (χ0v) is 19.9. The Labute approximate surface area is 207 Å². The molecule has 7 atom stereocenters. The number of carbonyl (C=O) groups excluding carboxylic acids is 1. The second-order valence-corrected chi connectivity index (χ2v) is 9.74. The van der Waals surface area contributed by atoms with Crippen LogP contribution in [0.4, 0.5) is 0 Å². The van der Waals surface area contributed by atoms with E-state index in [0.29, 0.717) is 18.4 Å². The van der Waals surface area contributed by atoms with Gasteiger partial charge in [0.15, 0.2) is 12.2 Å². The van der Waals surface area contributed by atoms with Crippen LogP contribution in [0.3, 0.4) is 0 Å². The SMILES string of the molecule is COC(=O)[C@H]1C(O)CC[C@@H]2CN3CCc4c([nH]c5ccccc45)[C@H]3C[C@H]21.O=C(O)C(O)C(O)C(=O)O. The number of carboxylic acid groups (broad SMARTS) is 2. The van der Waals surface area contributed by atoms with Crippen LogP contribution < -0.4 is 0 Å². The summed E-state index contributed by atoms with van der Waals surface area (Å²) in [5, 5.41) is 44.3. The third-order valence-electron chi connectivity index (χ3n) is 7.83. The molecule has 2 aromatic rings. The van der Waals surface area contributed by atoms with Crippen molar-refractivity contribution in [3.05, 3.63) is 35.5 Å². The first-order valence-electron chi connectivity index (χ1n) is 12.0. The molecule has 3 heterocycles. The number of hydrogen-bond acceptors (Lipinski definition) is 8. The van der Waals surface area contributed by atoms with Crippen molar-refractivity contribution in [1.29, 1.82) is 0 Å². The lowest BCUT2D eigenvalue weighted by molar-refractivity contribution is -0.165. The lowest BCUT2D eigenvalue weighted by Crippen LogP contribution is -2.53. The fourth-order valence-electron chi connectivity index (χ4n) is 6.07. The molecule has 0 spiro atoms. The number of piperidine rings is 1. The van der Waals surface area contributed by atoms with Crippen molar-refractivity contribution in [2.45, 2.75) is 50.0 Å². The average Bonchev–Trinajstić information content (AvgIpc) is 3.25. The summed E-state index contributed by atoms with van der Waals surface area (Å²) in [6, 6.07) is 8.83. The number of ether oxygens (including phenoxy) is 1. The summed E-state index contributed by atoms with van der Waals surface area (Å²) in [5.74, 6) is -3.48. The number of aliphatic carboxylic acids is 2. The number of benzene rings is 1. The molecule has 2 fully saturated rings. The van der Waals surface area contributed by atoms with E-state index < -0.39 is 30.3 Å². The largest absolute Gasteiger partial charge is 0.479 e. The minimum atomic E-state index is -2.27. The Bertz CT molecular complexity index is 1110. The molecule has 36 heavy (non-hydrogen) atoms. The Kier molecular flexibility index (Phi) is 7.65. The van der Waals surface area contributed by atoms with Gasteiger partial charge in [0.05, 0.1) is 25.2 Å². The van der Waals surface area contributed by atoms with Crippen molar-refractivity contribution in [3.63, 3.8) is 0 Å². The van der Waals surface area contributed by atoms with E-state index in [1.165, 1.54) is 29.3 Å². The summed E-state index contributed by atoms with van der Waals surface area (Å²) in [5.41, 5.74) is 3.96. The van der Waals surface area contributed by atoms with Crippen LogP contribution in [-0.2, 0) is 25.5 Å². The maximum atomic E-state index is 12.4. The molecule has 2 aliphatic heterocycles. The van der Waals surface area contributed by atoms with Crippen molar-refractivity contribution in [2.75, 3.05) is 20.2 Å². The molecule has 11 nitrogen and oxygen atoms in total. The van der Waals surface area contributed by atoms with Gasteiger partial charge >= 0.3 is 17.9 Å². The number of nitrogens with zero attached hydrogens (tertiary/aromatic N) is 1. The number of esters is 1. The summed E-state index contributed by atoms with van der Waals surface area (Å²) in [6.45, 7) is 2.10. The summed E-state index contributed by atoms with van der Waals surface area (Å²) < 4.78 is 5.04. The van der Waals surface area contributed by atoms with Gasteiger partial charge in [-0.05, 0) is 49.1 Å². The molecule has 196 valence electrons. The number of aliphatic hydroxyl groups is 3. The summed E-state index contributed by atoms with van der Waals surface area (Å²) >= 11 is 0. The van der Waals surface area contributed by atoms with E-state index in [2.05, 4.69) is 34.1 Å². The average molecular weight is 505 g/mol. The monoisotopic (exact) mass is 504 g/mol. The van der Waals surface area contributed by atoms with Gasteiger partial charge in [-0.15, -0.1) is 0 Å². The Hall–Kier alpha value is -2.99. The highest BCUT2D eigenvalue weighted by atomic mass is 16.5. The maximum absolute atomic E-state index is 12.4. The maximum Gasteiger partial charge on any atom is 0.335 e. The van der Waals surface area contributed by atoms with Crippen molar-refractivity contribution in [2.24, 2.45) is 17.8 Å². The van der Waals surface area contributed by atoms with E-state index in [1.807, 2.05) is 0 Å². The molecule has 6 N–H and O–H groups in total. The van der Waals surface area contributed by atoms with Gasteiger partial charge in [-0.25, -0.2) is 9.59 Å². The molecule has 0 amide bonds. The fraction of sp³-hybridized carbons (Fsp3) is 0.560. The van der Waals surface area contributed by atoms with Crippen LogP contribution in [0.1, 0.15) is 36.6 Å².